The van der Waals surface area contributed by atoms with E-state index >= 15 is 0 Å². The zero-order valence-corrected chi connectivity index (χ0v) is 34.0. The van der Waals surface area contributed by atoms with E-state index in [2.05, 4.69) is 34.4 Å². The average molecular weight is 880 g/mol. The van der Waals surface area contributed by atoms with Gasteiger partial charge in [-0.2, -0.15) is 4.31 Å². The molecule has 0 bridgehead atoms. The molecule has 1 fully saturated rings. The van der Waals surface area contributed by atoms with Crippen LogP contribution in [0.2, 0.25) is 0 Å². The number of aliphatic hydroxyl groups excluding tert-OH is 2. The van der Waals surface area contributed by atoms with Gasteiger partial charge in [-0.05, 0) is 0 Å². The Bertz CT molecular complexity index is 2020. The number of aliphatic hydroxyl groups is 2. The molecule has 0 radical (unpaired) electrons. The van der Waals surface area contributed by atoms with Crippen LogP contribution in [-0.2, 0) is 45.9 Å². The van der Waals surface area contributed by atoms with E-state index in [0.29, 0.717) is 11.3 Å². The van der Waals surface area contributed by atoms with Crippen molar-refractivity contribution >= 4 is 69.1 Å². The molecule has 24 nitrogen and oxygen atoms in total. The first-order valence-corrected chi connectivity index (χ1v) is 21.7. The summed E-state index contributed by atoms with van der Waals surface area (Å²) >= 11 is 1.02. The Balaban J connectivity index is 0.00000580. The van der Waals surface area contributed by atoms with Gasteiger partial charge in [0.05, 0.1) is 19.5 Å². The molecule has 3 aromatic rings. The van der Waals surface area contributed by atoms with Crippen LogP contribution in [0, 0.1) is 5.41 Å². The number of thioether (sulfide) groups is 1. The number of nitrogens with zero attached hydrogens (tertiary/aromatic N) is 4. The third-order valence-electron chi connectivity index (χ3n) is 7.74. The second kappa shape index (κ2) is 20.6. The number of imidazole rings is 1. The SMILES string of the molecule is CC(C)(COP(=O)(O)OP(=O)(O)OCC1OC(n2cnc3c(N)ncnc32)C(O)C1OP(=O)(O)O)C(O)C(=O)NCCC(=O)NCCSC(=O)c1ccccc1.[H-].[Li+]. The molecule has 7 unspecified atom stereocenters. The number of nitrogens with two attached hydrogens (primary N) is 1. The van der Waals surface area contributed by atoms with Gasteiger partial charge in [-0.3, -0.25) is 32.5 Å². The maximum Gasteiger partial charge on any atom is 1.00 e. The van der Waals surface area contributed by atoms with Crippen molar-refractivity contribution in [2.75, 3.05) is 37.8 Å². The summed E-state index contributed by atoms with van der Waals surface area (Å²) in [6, 6.07) is 8.58. The second-order valence-corrected chi connectivity index (χ2v) is 17.9. The fraction of sp³-hybridized carbons (Fsp3) is 0.500. The monoisotopic (exact) mass is 879 g/mol. The van der Waals surface area contributed by atoms with Crippen LogP contribution < -0.4 is 35.2 Å². The quantitative estimate of drug-likeness (QED) is 0.0312. The number of amides is 2. The molecule has 10 N–H and O–H groups in total. The molecular weight excluding hydrogens is 838 g/mol. The van der Waals surface area contributed by atoms with Crippen LogP contribution in [0.15, 0.2) is 43.0 Å². The van der Waals surface area contributed by atoms with E-state index in [0.717, 1.165) is 29.0 Å². The molecule has 2 aromatic heterocycles. The smallest absolute Gasteiger partial charge is 1.00 e. The number of benzene rings is 1. The van der Waals surface area contributed by atoms with Crippen molar-refractivity contribution in [1.82, 2.24) is 30.2 Å². The number of anilines is 1. The molecule has 1 aromatic carbocycles. The number of nitrogens with one attached hydrogen (secondary N) is 2. The van der Waals surface area contributed by atoms with Gasteiger partial charge in [-0.15, -0.1) is 0 Å². The maximum absolute atomic E-state index is 12.7. The number of phosphoric acid groups is 3. The number of nitrogen functional groups attached to an aromatic ring is 1. The fourth-order valence-corrected chi connectivity index (χ4v) is 8.45. The Morgan fingerprint density at radius 1 is 1.04 bits per heavy atom. The molecule has 1 aliphatic rings. The number of aromatic nitrogens is 4. The van der Waals surface area contributed by atoms with Crippen LogP contribution in [0.25, 0.3) is 11.2 Å². The number of hydrogen-bond donors (Lipinski definition) is 9. The first-order valence-electron chi connectivity index (χ1n) is 16.2. The topological polar surface area (TPSA) is 364 Å². The van der Waals surface area contributed by atoms with Gasteiger partial charge in [0.25, 0.3) is 0 Å². The third kappa shape index (κ3) is 14.3. The molecule has 1 saturated heterocycles. The van der Waals surface area contributed by atoms with Crippen molar-refractivity contribution in [3.63, 3.8) is 0 Å². The molecule has 312 valence electrons. The van der Waals surface area contributed by atoms with Crippen molar-refractivity contribution in [1.29, 1.82) is 0 Å². The molecule has 57 heavy (non-hydrogen) atoms. The Morgan fingerprint density at radius 3 is 2.37 bits per heavy atom. The molecule has 4 rings (SSSR count). The molecule has 7 atom stereocenters. The van der Waals surface area contributed by atoms with Crippen molar-refractivity contribution in [3.8, 4) is 0 Å². The molecule has 2 amide bonds. The third-order valence-corrected chi connectivity index (χ3v) is 11.8. The standard InChI is InChI=1S/C28H40N7O17P3S.Li.H/c1-28(2,22(38)25(39)31-9-8-18(36)30-10-11-56-27(40)16-6-4-3-5-7-16)13-49-55(46,47)52-54(44,45)48-12-17-21(51-53(41,42)43)20(37)26(50-17)35-15-34-19-23(29)32-14-33-24(19)35;;/h3-7,14-15,17,20-22,26,37-38H,8-13H2,1-2H3,(H,30,36)(H,31,39)(H,44,45)(H,46,47)(H2,29,32,33)(H2,41,42,43);;/q;+1;-1. The summed E-state index contributed by atoms with van der Waals surface area (Å²) in [5.74, 6) is -1.17. The molecule has 0 aliphatic carbocycles. The summed E-state index contributed by atoms with van der Waals surface area (Å²) < 4.78 is 62.1. The zero-order valence-electron chi connectivity index (χ0n) is 31.5. The first kappa shape index (κ1) is 48.7. The van der Waals surface area contributed by atoms with Gasteiger partial charge in [0.15, 0.2) is 17.7 Å². The number of ether oxygens (including phenoxy) is 1. The number of hydrogen-bond acceptors (Lipinski definition) is 18. The van der Waals surface area contributed by atoms with Gasteiger partial charge in [0.2, 0.25) is 16.9 Å². The van der Waals surface area contributed by atoms with E-state index in [4.69, 9.17) is 19.5 Å². The summed E-state index contributed by atoms with van der Waals surface area (Å²) in [5, 5.41) is 26.2. The second-order valence-electron chi connectivity index (χ2n) is 12.6. The minimum Gasteiger partial charge on any atom is -1.00 e. The summed E-state index contributed by atoms with van der Waals surface area (Å²) in [4.78, 5) is 87.7. The van der Waals surface area contributed by atoms with E-state index in [-0.39, 0.29) is 61.9 Å². The van der Waals surface area contributed by atoms with E-state index in [1.54, 1.807) is 30.3 Å². The van der Waals surface area contributed by atoms with Crippen molar-refractivity contribution in [2.24, 2.45) is 5.41 Å². The van der Waals surface area contributed by atoms with Crippen molar-refractivity contribution < 1.29 is 101 Å². The van der Waals surface area contributed by atoms with Crippen LogP contribution in [-0.4, -0.2) is 123 Å². The molecule has 3 heterocycles. The van der Waals surface area contributed by atoms with Gasteiger partial charge in [0.1, 0.15) is 36.3 Å². The predicted octanol–water partition coefficient (Wildman–Crippen LogP) is -2.90. The summed E-state index contributed by atoms with van der Waals surface area (Å²) in [7, 11) is -16.4. The van der Waals surface area contributed by atoms with Crippen molar-refractivity contribution in [3.05, 3.63) is 48.5 Å². The molecular formula is C28H41LiN7O17P3S. The fourth-order valence-electron chi connectivity index (χ4n) is 4.93. The average Bonchev–Trinajstić information content (AvgIpc) is 3.68. The van der Waals surface area contributed by atoms with Crippen LogP contribution in [0.3, 0.4) is 0 Å². The van der Waals surface area contributed by atoms with Gasteiger partial charge < -0.3 is 52.3 Å². The Morgan fingerprint density at radius 2 is 1.70 bits per heavy atom. The Labute approximate surface area is 341 Å². The van der Waals surface area contributed by atoms with E-state index in [9.17, 15) is 57.9 Å². The summed E-state index contributed by atoms with van der Waals surface area (Å²) in [6.45, 7) is 0.448. The Kier molecular flexibility index (Phi) is 17.6. The predicted molar refractivity (Wildman–Crippen MR) is 194 cm³/mol. The largest absolute Gasteiger partial charge is 1.00 e. The van der Waals surface area contributed by atoms with E-state index in [1.165, 1.54) is 13.8 Å². The summed E-state index contributed by atoms with van der Waals surface area (Å²) in [5.41, 5.74) is 4.78. The minimum absolute atomic E-state index is 0. The molecule has 29 heteroatoms. The number of fused-ring (bicyclic) bond motifs is 1. The van der Waals surface area contributed by atoms with Gasteiger partial charge in [0, 0.05) is 36.2 Å². The number of rotatable bonds is 20. The van der Waals surface area contributed by atoms with E-state index < -0.39 is 84.6 Å². The summed E-state index contributed by atoms with van der Waals surface area (Å²) in [6.07, 6.45) is -6.94. The van der Waals surface area contributed by atoms with Crippen LogP contribution in [0.4, 0.5) is 5.82 Å². The molecule has 0 spiro atoms. The van der Waals surface area contributed by atoms with Crippen LogP contribution >= 0.6 is 35.2 Å². The van der Waals surface area contributed by atoms with E-state index in [1.807, 2.05) is 0 Å². The maximum atomic E-state index is 12.7. The number of carbonyl (C=O) groups is 3. The van der Waals surface area contributed by atoms with Gasteiger partial charge in [-0.25, -0.2) is 28.6 Å². The molecule has 0 saturated carbocycles. The van der Waals surface area contributed by atoms with Crippen LogP contribution in [0.1, 0.15) is 38.3 Å². The zero-order chi connectivity index (χ0) is 41.5. The Hall–Kier alpha value is -2.62. The first-order chi connectivity index (χ1) is 26.1. The van der Waals surface area contributed by atoms with Crippen LogP contribution in [0.5, 0.6) is 0 Å². The van der Waals surface area contributed by atoms with Gasteiger partial charge >= 0.3 is 42.3 Å². The minimum atomic E-state index is -5.57. The molecule has 1 aliphatic heterocycles. The normalized spacial score (nSPS) is 21.2. The number of phosphoric ester groups is 3. The number of carbonyl (C=O) groups excluding carboxylic acids is 3. The van der Waals surface area contributed by atoms with Crippen molar-refractivity contribution in [2.45, 2.75) is 50.9 Å². The van der Waals surface area contributed by atoms with Gasteiger partial charge in [-0.1, -0.05) is 55.9 Å².